The van der Waals surface area contributed by atoms with Gasteiger partial charge in [-0.1, -0.05) is 12.5 Å². The Morgan fingerprint density at radius 3 is 2.67 bits per heavy atom. The Labute approximate surface area is 130 Å². The molecule has 2 rings (SSSR count). The Morgan fingerprint density at radius 2 is 2.05 bits per heavy atom. The maximum atomic E-state index is 12.3. The Kier molecular flexibility index (Phi) is 6.18. The molecule has 6 heteroatoms. The number of hydrogen-bond donors (Lipinski definition) is 3. The van der Waals surface area contributed by atoms with Crippen molar-refractivity contribution < 1.29 is 9.59 Å². The van der Waals surface area contributed by atoms with Gasteiger partial charge in [0.1, 0.15) is 0 Å². The molecule has 0 spiro atoms. The molecule has 0 bridgehead atoms. The van der Waals surface area contributed by atoms with Crippen LogP contribution in [0.4, 0.5) is 5.69 Å². The van der Waals surface area contributed by atoms with E-state index in [1.165, 1.54) is 0 Å². The molecule has 116 valence electrons. The SMILES string of the molecule is Cc1ccc(C(N)=O)cc1NC(=O)[C@@H]1CCC[C@@H]1CN.Cl. The van der Waals surface area contributed by atoms with E-state index in [4.69, 9.17) is 11.5 Å². The van der Waals surface area contributed by atoms with E-state index in [0.29, 0.717) is 17.8 Å². The Balaban J connectivity index is 0.00000220. The highest BCUT2D eigenvalue weighted by molar-refractivity contribution is 5.97. The topological polar surface area (TPSA) is 98.2 Å². The lowest BCUT2D eigenvalue weighted by atomic mass is 9.95. The van der Waals surface area contributed by atoms with E-state index in [1.807, 2.05) is 6.92 Å². The van der Waals surface area contributed by atoms with Crippen molar-refractivity contribution in [2.45, 2.75) is 26.2 Å². The molecule has 1 aromatic carbocycles. The Morgan fingerprint density at radius 1 is 1.33 bits per heavy atom. The van der Waals surface area contributed by atoms with E-state index in [-0.39, 0.29) is 30.2 Å². The second-order valence-corrected chi connectivity index (χ2v) is 5.42. The summed E-state index contributed by atoms with van der Waals surface area (Å²) in [7, 11) is 0. The van der Waals surface area contributed by atoms with Gasteiger partial charge in [-0.15, -0.1) is 12.4 Å². The van der Waals surface area contributed by atoms with Crippen molar-refractivity contribution in [2.24, 2.45) is 23.3 Å². The Bertz CT molecular complexity index is 534. The second kappa shape index (κ2) is 7.43. The fourth-order valence-corrected chi connectivity index (χ4v) is 2.80. The molecule has 0 aromatic heterocycles. The zero-order valence-electron chi connectivity index (χ0n) is 12.1. The van der Waals surface area contributed by atoms with Crippen molar-refractivity contribution >= 4 is 29.9 Å². The summed E-state index contributed by atoms with van der Waals surface area (Å²) < 4.78 is 0. The fraction of sp³-hybridized carbons (Fsp3) is 0.467. The summed E-state index contributed by atoms with van der Waals surface area (Å²) >= 11 is 0. The zero-order chi connectivity index (χ0) is 14.7. The van der Waals surface area contributed by atoms with Gasteiger partial charge in [-0.2, -0.15) is 0 Å². The molecule has 5 nitrogen and oxygen atoms in total. The molecular formula is C15H22ClN3O2. The number of amides is 2. The number of aryl methyl sites for hydroxylation is 1. The average Bonchev–Trinajstić information content (AvgIpc) is 2.89. The summed E-state index contributed by atoms with van der Waals surface area (Å²) in [6, 6.07) is 5.07. The average molecular weight is 312 g/mol. The van der Waals surface area contributed by atoms with Crippen LogP contribution in [0.15, 0.2) is 18.2 Å². The molecule has 1 aromatic rings. The number of nitrogens with one attached hydrogen (secondary N) is 1. The zero-order valence-corrected chi connectivity index (χ0v) is 12.9. The largest absolute Gasteiger partial charge is 0.366 e. The van der Waals surface area contributed by atoms with Crippen LogP contribution < -0.4 is 16.8 Å². The van der Waals surface area contributed by atoms with Gasteiger partial charge in [-0.25, -0.2) is 0 Å². The van der Waals surface area contributed by atoms with Gasteiger partial charge in [0.2, 0.25) is 11.8 Å². The van der Waals surface area contributed by atoms with Gasteiger partial charge < -0.3 is 16.8 Å². The third kappa shape index (κ3) is 3.95. The number of anilines is 1. The van der Waals surface area contributed by atoms with Gasteiger partial charge in [-0.05, 0) is 49.9 Å². The van der Waals surface area contributed by atoms with E-state index in [9.17, 15) is 9.59 Å². The summed E-state index contributed by atoms with van der Waals surface area (Å²) in [5, 5.41) is 2.91. The quantitative estimate of drug-likeness (QED) is 0.791. The van der Waals surface area contributed by atoms with Crippen LogP contribution in [0.3, 0.4) is 0 Å². The molecule has 21 heavy (non-hydrogen) atoms. The minimum absolute atomic E-state index is 0. The maximum Gasteiger partial charge on any atom is 0.248 e. The van der Waals surface area contributed by atoms with Crippen LogP contribution in [-0.4, -0.2) is 18.4 Å². The lowest BCUT2D eigenvalue weighted by Crippen LogP contribution is -2.30. The molecule has 0 heterocycles. The third-order valence-corrected chi connectivity index (χ3v) is 4.08. The number of primary amides is 1. The molecular weight excluding hydrogens is 290 g/mol. The van der Waals surface area contributed by atoms with Gasteiger partial charge >= 0.3 is 0 Å². The molecule has 1 aliphatic rings. The van der Waals surface area contributed by atoms with Gasteiger partial charge in [-0.3, -0.25) is 9.59 Å². The van der Waals surface area contributed by atoms with Crippen LogP contribution in [0.2, 0.25) is 0 Å². The van der Waals surface area contributed by atoms with Gasteiger partial charge in [0.05, 0.1) is 0 Å². The first-order chi connectivity index (χ1) is 9.52. The molecule has 5 N–H and O–H groups in total. The second-order valence-electron chi connectivity index (χ2n) is 5.42. The maximum absolute atomic E-state index is 12.3. The number of carbonyl (C=O) groups is 2. The molecule has 0 saturated heterocycles. The van der Waals surface area contributed by atoms with Gasteiger partial charge in [0, 0.05) is 17.2 Å². The van der Waals surface area contributed by atoms with Crippen LogP contribution in [0.25, 0.3) is 0 Å². The number of rotatable bonds is 4. The predicted octanol–water partition coefficient (Wildman–Crippen LogP) is 1.83. The van der Waals surface area contributed by atoms with E-state index in [1.54, 1.807) is 18.2 Å². The summed E-state index contributed by atoms with van der Waals surface area (Å²) in [4.78, 5) is 23.5. The summed E-state index contributed by atoms with van der Waals surface area (Å²) in [6.45, 7) is 2.42. The molecule has 0 aliphatic heterocycles. The molecule has 1 saturated carbocycles. The van der Waals surface area contributed by atoms with Gasteiger partial charge in [0.15, 0.2) is 0 Å². The highest BCUT2D eigenvalue weighted by Crippen LogP contribution is 2.32. The third-order valence-electron chi connectivity index (χ3n) is 4.08. The van der Waals surface area contributed by atoms with Crippen LogP contribution >= 0.6 is 12.4 Å². The van der Waals surface area contributed by atoms with Gasteiger partial charge in [0.25, 0.3) is 0 Å². The molecule has 1 fully saturated rings. The first-order valence-electron chi connectivity index (χ1n) is 6.94. The van der Waals surface area contributed by atoms with Crippen molar-refractivity contribution in [3.05, 3.63) is 29.3 Å². The molecule has 2 amide bonds. The van der Waals surface area contributed by atoms with E-state index in [2.05, 4.69) is 5.32 Å². The summed E-state index contributed by atoms with van der Waals surface area (Å²) in [5.74, 6) is -0.282. The number of nitrogens with two attached hydrogens (primary N) is 2. The van der Waals surface area contributed by atoms with Crippen molar-refractivity contribution in [1.82, 2.24) is 0 Å². The summed E-state index contributed by atoms with van der Waals surface area (Å²) in [5.41, 5.74) is 12.9. The van der Waals surface area contributed by atoms with E-state index >= 15 is 0 Å². The number of halogens is 1. The van der Waals surface area contributed by atoms with Crippen LogP contribution in [0.1, 0.15) is 35.2 Å². The van der Waals surface area contributed by atoms with E-state index < -0.39 is 5.91 Å². The number of benzene rings is 1. The first-order valence-corrected chi connectivity index (χ1v) is 6.94. The molecule has 0 radical (unpaired) electrons. The monoisotopic (exact) mass is 311 g/mol. The van der Waals surface area contributed by atoms with E-state index in [0.717, 1.165) is 24.8 Å². The highest BCUT2D eigenvalue weighted by atomic mass is 35.5. The molecule has 0 unspecified atom stereocenters. The summed E-state index contributed by atoms with van der Waals surface area (Å²) in [6.07, 6.45) is 2.93. The predicted molar refractivity (Wildman–Crippen MR) is 85.5 cm³/mol. The Hall–Kier alpha value is -1.59. The highest BCUT2D eigenvalue weighted by Gasteiger charge is 2.32. The fourth-order valence-electron chi connectivity index (χ4n) is 2.80. The van der Waals surface area contributed by atoms with Crippen molar-refractivity contribution in [3.8, 4) is 0 Å². The number of carbonyl (C=O) groups excluding carboxylic acids is 2. The lowest BCUT2D eigenvalue weighted by molar-refractivity contribution is -0.120. The minimum atomic E-state index is -0.499. The van der Waals surface area contributed by atoms with Crippen molar-refractivity contribution in [3.63, 3.8) is 0 Å². The van der Waals surface area contributed by atoms with Crippen molar-refractivity contribution in [2.75, 3.05) is 11.9 Å². The van der Waals surface area contributed by atoms with Crippen LogP contribution in [-0.2, 0) is 4.79 Å². The van der Waals surface area contributed by atoms with Crippen LogP contribution in [0, 0.1) is 18.8 Å². The minimum Gasteiger partial charge on any atom is -0.366 e. The molecule has 1 aliphatic carbocycles. The molecule has 2 atom stereocenters. The number of hydrogen-bond acceptors (Lipinski definition) is 3. The van der Waals surface area contributed by atoms with Crippen LogP contribution in [0.5, 0.6) is 0 Å². The lowest BCUT2D eigenvalue weighted by Gasteiger charge is -2.18. The standard InChI is InChI=1S/C15H21N3O2.ClH/c1-9-5-6-10(14(17)19)7-13(9)18-15(20)12-4-2-3-11(12)8-16;/h5-7,11-12H,2-4,8,16H2,1H3,(H2,17,19)(H,18,20);1H/t11-,12-;/m1./s1. The van der Waals surface area contributed by atoms with Crippen molar-refractivity contribution in [1.29, 1.82) is 0 Å². The first kappa shape index (κ1) is 17.5. The normalized spacial score (nSPS) is 20.7. The smallest absolute Gasteiger partial charge is 0.248 e.